The Kier molecular flexibility index (Phi) is 3.75. The number of carbonyl (C=O) groups excluding carboxylic acids is 1. The van der Waals surface area contributed by atoms with Gasteiger partial charge in [0.25, 0.3) is 0 Å². The predicted octanol–water partition coefficient (Wildman–Crippen LogP) is 1.21. The Hall–Kier alpha value is -1.40. The highest BCUT2D eigenvalue weighted by Gasteiger charge is 2.37. The molecule has 0 saturated carbocycles. The summed E-state index contributed by atoms with van der Waals surface area (Å²) >= 11 is 0. The van der Waals surface area contributed by atoms with Crippen LogP contribution in [-0.2, 0) is 21.2 Å². The van der Waals surface area contributed by atoms with Gasteiger partial charge in [-0.3, -0.25) is 4.79 Å². The molecule has 1 aliphatic carbocycles. The largest absolute Gasteiger partial charge is 0.348 e. The molecule has 1 saturated heterocycles. The molecule has 1 amide bonds. The topological polar surface area (TPSA) is 66.5 Å². The summed E-state index contributed by atoms with van der Waals surface area (Å²) in [5.41, 5.74) is 2.43. The molecule has 0 aromatic heterocycles. The molecule has 1 heterocycles. The lowest BCUT2D eigenvalue weighted by molar-refractivity contribution is -0.124. The van der Waals surface area contributed by atoms with Crippen LogP contribution in [0.3, 0.4) is 0 Å². The first kappa shape index (κ1) is 14.5. The zero-order chi connectivity index (χ0) is 15.0. The molecule has 1 aromatic rings. The molecule has 2 aliphatic rings. The van der Waals surface area contributed by atoms with Crippen molar-refractivity contribution in [1.82, 2.24) is 9.62 Å². The summed E-state index contributed by atoms with van der Waals surface area (Å²) < 4.78 is 24.8. The van der Waals surface area contributed by atoms with E-state index in [1.165, 1.54) is 16.1 Å². The van der Waals surface area contributed by atoms with Crippen molar-refractivity contribution in [2.24, 2.45) is 0 Å². The quantitative estimate of drug-likeness (QED) is 0.913. The van der Waals surface area contributed by atoms with Gasteiger partial charge in [-0.2, -0.15) is 4.31 Å². The maximum atomic E-state index is 12.5. The van der Waals surface area contributed by atoms with E-state index in [-0.39, 0.29) is 11.9 Å². The molecule has 114 valence electrons. The number of nitrogens with one attached hydrogen (secondary N) is 1. The molecule has 0 radical (unpaired) electrons. The van der Waals surface area contributed by atoms with Crippen molar-refractivity contribution >= 4 is 15.9 Å². The summed E-state index contributed by atoms with van der Waals surface area (Å²) in [6, 6.07) is 7.56. The number of rotatable bonds is 3. The minimum Gasteiger partial charge on any atom is -0.348 e. The van der Waals surface area contributed by atoms with E-state index in [1.54, 1.807) is 0 Å². The Morgan fingerprint density at radius 2 is 2.05 bits per heavy atom. The number of carbonyl (C=O) groups is 1. The molecule has 6 heteroatoms. The summed E-state index contributed by atoms with van der Waals surface area (Å²) in [6.07, 6.45) is 4.36. The molecule has 1 aliphatic heterocycles. The van der Waals surface area contributed by atoms with E-state index in [9.17, 15) is 13.2 Å². The first-order valence-corrected chi connectivity index (χ1v) is 9.16. The maximum Gasteiger partial charge on any atom is 0.238 e. The second-order valence-electron chi connectivity index (χ2n) is 5.83. The van der Waals surface area contributed by atoms with Gasteiger partial charge >= 0.3 is 0 Å². The van der Waals surface area contributed by atoms with Gasteiger partial charge < -0.3 is 5.32 Å². The standard InChI is InChI=1S/C15H20N2O3S/c1-21(19,20)17-10-4-7-14(17)15(18)16-13-9-8-11-5-2-3-6-12(11)13/h2-3,5-6,13-14H,4,7-10H2,1H3,(H,16,18). The average Bonchev–Trinajstić information content (AvgIpc) is 3.05. The van der Waals surface area contributed by atoms with Gasteiger partial charge in [0, 0.05) is 6.54 Å². The highest BCUT2D eigenvalue weighted by molar-refractivity contribution is 7.88. The van der Waals surface area contributed by atoms with Crippen LogP contribution in [0.1, 0.15) is 36.4 Å². The minimum absolute atomic E-state index is 0.00992. The molecule has 3 rings (SSSR count). The van der Waals surface area contributed by atoms with Crippen LogP contribution in [0.15, 0.2) is 24.3 Å². The first-order chi connectivity index (χ1) is 9.97. The zero-order valence-electron chi connectivity index (χ0n) is 12.1. The van der Waals surface area contributed by atoms with Gasteiger partial charge in [0.05, 0.1) is 12.3 Å². The van der Waals surface area contributed by atoms with Gasteiger partial charge in [-0.15, -0.1) is 0 Å². The smallest absolute Gasteiger partial charge is 0.238 e. The lowest BCUT2D eigenvalue weighted by Gasteiger charge is -2.23. The normalized spacial score (nSPS) is 25.8. The van der Waals surface area contributed by atoms with Crippen LogP contribution in [0.4, 0.5) is 0 Å². The molecule has 1 N–H and O–H groups in total. The summed E-state index contributed by atoms with van der Waals surface area (Å²) in [4.78, 5) is 12.5. The van der Waals surface area contributed by atoms with E-state index in [4.69, 9.17) is 0 Å². The first-order valence-electron chi connectivity index (χ1n) is 7.32. The van der Waals surface area contributed by atoms with Gasteiger partial charge in [-0.05, 0) is 36.8 Å². The van der Waals surface area contributed by atoms with Crippen molar-refractivity contribution in [3.8, 4) is 0 Å². The number of amides is 1. The average molecular weight is 308 g/mol. The van der Waals surface area contributed by atoms with Crippen LogP contribution < -0.4 is 5.32 Å². The Labute approximate surface area is 125 Å². The van der Waals surface area contributed by atoms with Crippen molar-refractivity contribution < 1.29 is 13.2 Å². The minimum atomic E-state index is -3.32. The van der Waals surface area contributed by atoms with Gasteiger partial charge in [-0.1, -0.05) is 24.3 Å². The fraction of sp³-hybridized carbons (Fsp3) is 0.533. The van der Waals surface area contributed by atoms with Crippen molar-refractivity contribution in [3.05, 3.63) is 35.4 Å². The Morgan fingerprint density at radius 3 is 2.81 bits per heavy atom. The summed E-state index contributed by atoms with van der Waals surface area (Å²) in [7, 11) is -3.32. The fourth-order valence-electron chi connectivity index (χ4n) is 3.37. The molecule has 0 bridgehead atoms. The van der Waals surface area contributed by atoms with E-state index in [1.807, 2.05) is 18.2 Å². The maximum absolute atomic E-state index is 12.5. The number of nitrogens with zero attached hydrogens (tertiary/aromatic N) is 1. The lowest BCUT2D eigenvalue weighted by atomic mass is 10.1. The molecule has 5 nitrogen and oxygen atoms in total. The molecule has 1 fully saturated rings. The third kappa shape index (κ3) is 2.82. The Morgan fingerprint density at radius 1 is 1.29 bits per heavy atom. The molecule has 1 aromatic carbocycles. The highest BCUT2D eigenvalue weighted by Crippen LogP contribution is 2.31. The van der Waals surface area contributed by atoms with Crippen molar-refractivity contribution in [1.29, 1.82) is 0 Å². The predicted molar refractivity (Wildman–Crippen MR) is 80.2 cm³/mol. The monoisotopic (exact) mass is 308 g/mol. The van der Waals surface area contributed by atoms with E-state index >= 15 is 0 Å². The summed E-state index contributed by atoms with van der Waals surface area (Å²) in [5, 5.41) is 3.03. The molecule has 2 atom stereocenters. The number of fused-ring (bicyclic) bond motifs is 1. The number of hydrogen-bond acceptors (Lipinski definition) is 3. The molecule has 21 heavy (non-hydrogen) atoms. The van der Waals surface area contributed by atoms with Crippen LogP contribution in [0.2, 0.25) is 0 Å². The SMILES string of the molecule is CS(=O)(=O)N1CCCC1C(=O)NC1CCc2ccccc21. The van der Waals surface area contributed by atoms with Gasteiger partial charge in [-0.25, -0.2) is 8.42 Å². The summed E-state index contributed by atoms with van der Waals surface area (Å²) in [6.45, 7) is 0.443. The third-order valence-corrected chi connectivity index (χ3v) is 5.67. The highest BCUT2D eigenvalue weighted by atomic mass is 32.2. The van der Waals surface area contributed by atoms with Crippen molar-refractivity contribution in [2.75, 3.05) is 12.8 Å². The number of hydrogen-bond donors (Lipinski definition) is 1. The second kappa shape index (κ2) is 5.42. The third-order valence-electron chi connectivity index (χ3n) is 4.38. The zero-order valence-corrected chi connectivity index (χ0v) is 12.9. The van der Waals surface area contributed by atoms with Crippen LogP contribution in [0.25, 0.3) is 0 Å². The lowest BCUT2D eigenvalue weighted by Crippen LogP contribution is -2.46. The molecule has 0 spiro atoms. The van der Waals surface area contributed by atoms with Crippen molar-refractivity contribution in [2.45, 2.75) is 37.8 Å². The van der Waals surface area contributed by atoms with Gasteiger partial charge in [0.15, 0.2) is 0 Å². The molecular weight excluding hydrogens is 288 g/mol. The van der Waals surface area contributed by atoms with E-state index in [0.29, 0.717) is 13.0 Å². The van der Waals surface area contributed by atoms with Crippen LogP contribution >= 0.6 is 0 Å². The second-order valence-corrected chi connectivity index (χ2v) is 7.77. The molecule has 2 unspecified atom stereocenters. The van der Waals surface area contributed by atoms with E-state index in [0.717, 1.165) is 24.8 Å². The van der Waals surface area contributed by atoms with Crippen molar-refractivity contribution in [3.63, 3.8) is 0 Å². The van der Waals surface area contributed by atoms with Gasteiger partial charge in [0.1, 0.15) is 6.04 Å². The Bertz CT molecular complexity index is 657. The van der Waals surface area contributed by atoms with E-state index < -0.39 is 16.1 Å². The van der Waals surface area contributed by atoms with Crippen LogP contribution in [0, 0.1) is 0 Å². The number of benzene rings is 1. The number of sulfonamides is 1. The Balaban J connectivity index is 1.73. The number of aryl methyl sites for hydroxylation is 1. The van der Waals surface area contributed by atoms with Crippen LogP contribution in [0.5, 0.6) is 0 Å². The van der Waals surface area contributed by atoms with Gasteiger partial charge in [0.2, 0.25) is 15.9 Å². The molecular formula is C15H20N2O3S. The van der Waals surface area contributed by atoms with Crippen LogP contribution in [-0.4, -0.2) is 37.5 Å². The fourth-order valence-corrected chi connectivity index (χ4v) is 4.50. The summed E-state index contributed by atoms with van der Waals surface area (Å²) in [5.74, 6) is -0.167. The van der Waals surface area contributed by atoms with E-state index in [2.05, 4.69) is 11.4 Å².